The third-order valence-electron chi connectivity index (χ3n) is 4.15. The summed E-state index contributed by atoms with van der Waals surface area (Å²) in [7, 11) is 0. The predicted molar refractivity (Wildman–Crippen MR) is 84.5 cm³/mol. The van der Waals surface area contributed by atoms with Gasteiger partial charge in [-0.1, -0.05) is 90.9 Å². The maximum absolute atomic E-state index is 11.0. The molecule has 0 amide bonds. The Labute approximate surface area is 126 Å². The van der Waals surface area contributed by atoms with Crippen LogP contribution in [0.5, 0.6) is 0 Å². The summed E-state index contributed by atoms with van der Waals surface area (Å²) in [6, 6.07) is 0. The number of rotatable bonds is 15. The molecule has 2 nitrogen and oxygen atoms in total. The van der Waals surface area contributed by atoms with Gasteiger partial charge in [-0.2, -0.15) is 0 Å². The first-order valence-corrected chi connectivity index (χ1v) is 8.93. The summed E-state index contributed by atoms with van der Waals surface area (Å²) >= 11 is 0. The summed E-state index contributed by atoms with van der Waals surface area (Å²) < 4.78 is 0. The average Bonchev–Trinajstić information content (AvgIpc) is 2.43. The number of carbonyl (C=O) groups excluding carboxylic acids is 1. The zero-order valence-corrected chi connectivity index (χ0v) is 13.8. The van der Waals surface area contributed by atoms with Crippen molar-refractivity contribution in [3.05, 3.63) is 0 Å². The fourth-order valence-electron chi connectivity index (χ4n) is 2.71. The molecule has 0 aromatic carbocycles. The van der Waals surface area contributed by atoms with E-state index in [1.54, 1.807) is 0 Å². The van der Waals surface area contributed by atoms with Gasteiger partial charge >= 0.3 is 0 Å². The molecule has 0 saturated heterocycles. The summed E-state index contributed by atoms with van der Waals surface area (Å²) in [5.41, 5.74) is 0. The summed E-state index contributed by atoms with van der Waals surface area (Å²) in [4.78, 5) is 11.0. The Bertz CT molecular complexity index is 213. The van der Waals surface area contributed by atoms with Gasteiger partial charge in [-0.15, -0.1) is 0 Å². The Balaban J connectivity index is 3.34. The summed E-state index contributed by atoms with van der Waals surface area (Å²) in [6.45, 7) is 4.35. The second-order valence-electron chi connectivity index (χ2n) is 6.13. The molecule has 0 aromatic rings. The molecule has 0 fully saturated rings. The van der Waals surface area contributed by atoms with E-state index in [1.807, 2.05) is 0 Å². The van der Waals surface area contributed by atoms with Crippen LogP contribution in [-0.2, 0) is 4.79 Å². The topological polar surface area (TPSA) is 40.1 Å². The highest BCUT2D eigenvalue weighted by molar-refractivity contribution is 5.67. The number of aliphatic carboxylic acids is 1. The minimum Gasteiger partial charge on any atom is -0.550 e. The highest BCUT2D eigenvalue weighted by Gasteiger charge is 2.08. The molecule has 0 bridgehead atoms. The number of carbonyl (C=O) groups is 1. The molecule has 0 aliphatic rings. The van der Waals surface area contributed by atoms with E-state index >= 15 is 0 Å². The van der Waals surface area contributed by atoms with Crippen LogP contribution in [0, 0.1) is 5.92 Å². The third-order valence-corrected chi connectivity index (χ3v) is 4.15. The first-order chi connectivity index (χ1) is 9.72. The number of carboxylic acids is 1. The fourth-order valence-corrected chi connectivity index (χ4v) is 2.71. The Morgan fingerprint density at radius 2 is 1.10 bits per heavy atom. The summed E-state index contributed by atoms with van der Waals surface area (Å²) in [5, 5.41) is 11.0. The van der Waals surface area contributed by atoms with Crippen molar-refractivity contribution in [2.24, 2.45) is 5.92 Å². The molecule has 0 saturated carbocycles. The second kappa shape index (κ2) is 14.9. The molecule has 0 rings (SSSR count). The molecule has 1 unspecified atom stereocenters. The van der Waals surface area contributed by atoms with Crippen molar-refractivity contribution in [1.82, 2.24) is 0 Å². The van der Waals surface area contributed by atoms with Crippen molar-refractivity contribution in [1.29, 1.82) is 0 Å². The van der Waals surface area contributed by atoms with Crippen LogP contribution in [0.4, 0.5) is 0 Å². The van der Waals surface area contributed by atoms with Gasteiger partial charge in [0.25, 0.3) is 0 Å². The van der Waals surface area contributed by atoms with E-state index in [4.69, 9.17) is 0 Å². The molecule has 0 radical (unpaired) electrons. The summed E-state index contributed by atoms with van der Waals surface area (Å²) in [6.07, 6.45) is 16.7. The smallest absolute Gasteiger partial charge is 0.0445 e. The van der Waals surface area contributed by atoms with Crippen LogP contribution in [0.1, 0.15) is 104 Å². The van der Waals surface area contributed by atoms with Crippen LogP contribution < -0.4 is 5.11 Å². The van der Waals surface area contributed by atoms with E-state index in [9.17, 15) is 9.90 Å². The molecule has 0 heterocycles. The third kappa shape index (κ3) is 12.5. The molecule has 0 N–H and O–H groups in total. The van der Waals surface area contributed by atoms with Gasteiger partial charge in [0.05, 0.1) is 0 Å². The van der Waals surface area contributed by atoms with Crippen molar-refractivity contribution >= 4 is 5.97 Å². The van der Waals surface area contributed by atoms with Crippen LogP contribution in [0.15, 0.2) is 0 Å². The lowest BCUT2D eigenvalue weighted by molar-refractivity contribution is -0.312. The summed E-state index contributed by atoms with van der Waals surface area (Å²) in [5.74, 6) is -1.04. The van der Waals surface area contributed by atoms with Crippen molar-refractivity contribution in [2.75, 3.05) is 0 Å². The van der Waals surface area contributed by atoms with Crippen molar-refractivity contribution < 1.29 is 9.90 Å². The zero-order chi connectivity index (χ0) is 15.1. The quantitative estimate of drug-likeness (QED) is 0.403. The van der Waals surface area contributed by atoms with Gasteiger partial charge in [0, 0.05) is 5.97 Å². The number of carboxylic acid groups (broad SMARTS) is 1. The second-order valence-corrected chi connectivity index (χ2v) is 6.13. The minimum atomic E-state index is -0.839. The molecule has 0 spiro atoms. The fraction of sp³-hybridized carbons (Fsp3) is 0.944. The van der Waals surface area contributed by atoms with Gasteiger partial charge in [0.1, 0.15) is 0 Å². The van der Waals surface area contributed by atoms with E-state index in [0.717, 1.165) is 32.1 Å². The van der Waals surface area contributed by atoms with Gasteiger partial charge in [-0.05, 0) is 18.8 Å². The van der Waals surface area contributed by atoms with Gasteiger partial charge in [-0.25, -0.2) is 0 Å². The molecule has 20 heavy (non-hydrogen) atoms. The van der Waals surface area contributed by atoms with E-state index < -0.39 is 5.97 Å². The average molecular weight is 283 g/mol. The van der Waals surface area contributed by atoms with Crippen LogP contribution >= 0.6 is 0 Å². The van der Waals surface area contributed by atoms with Crippen LogP contribution in [0.25, 0.3) is 0 Å². The Morgan fingerprint density at radius 1 is 0.700 bits per heavy atom. The van der Waals surface area contributed by atoms with E-state index in [0.29, 0.717) is 0 Å². The SMILES string of the molecule is CCCCCCCCCCCCC(CCCC)C(=O)[O-]. The normalized spacial score (nSPS) is 12.5. The van der Waals surface area contributed by atoms with E-state index in [1.165, 1.54) is 57.8 Å². The predicted octanol–water partition coefficient (Wildman–Crippen LogP) is 4.85. The van der Waals surface area contributed by atoms with Crippen molar-refractivity contribution in [2.45, 2.75) is 104 Å². The highest BCUT2D eigenvalue weighted by atomic mass is 16.4. The molecule has 1 atom stereocenters. The van der Waals surface area contributed by atoms with E-state index in [-0.39, 0.29) is 5.92 Å². The lowest BCUT2D eigenvalue weighted by Gasteiger charge is -2.17. The van der Waals surface area contributed by atoms with Crippen molar-refractivity contribution in [3.8, 4) is 0 Å². The molecule has 0 aliphatic carbocycles. The van der Waals surface area contributed by atoms with Crippen LogP contribution in [0.2, 0.25) is 0 Å². The monoisotopic (exact) mass is 283 g/mol. The maximum Gasteiger partial charge on any atom is 0.0445 e. The van der Waals surface area contributed by atoms with Gasteiger partial charge < -0.3 is 9.90 Å². The lowest BCUT2D eigenvalue weighted by Crippen LogP contribution is -2.31. The Morgan fingerprint density at radius 3 is 1.55 bits per heavy atom. The largest absolute Gasteiger partial charge is 0.550 e. The number of hydrogen-bond acceptors (Lipinski definition) is 2. The molecule has 120 valence electrons. The number of hydrogen-bond donors (Lipinski definition) is 0. The molecular formula is C18H35O2-. The molecule has 0 aliphatic heterocycles. The van der Waals surface area contributed by atoms with Crippen LogP contribution in [0.3, 0.4) is 0 Å². The van der Waals surface area contributed by atoms with Crippen molar-refractivity contribution in [3.63, 3.8) is 0 Å². The number of unbranched alkanes of at least 4 members (excludes halogenated alkanes) is 10. The van der Waals surface area contributed by atoms with Gasteiger partial charge in [0.15, 0.2) is 0 Å². The Kier molecular flexibility index (Phi) is 14.5. The standard InChI is InChI=1S/C18H36O2/c1-3-5-7-8-9-10-11-12-13-14-16-17(18(19)20)15-6-4-2/h17H,3-16H2,1-2H3,(H,19,20)/p-1. The van der Waals surface area contributed by atoms with Gasteiger partial charge in [0.2, 0.25) is 0 Å². The highest BCUT2D eigenvalue weighted by Crippen LogP contribution is 2.17. The minimum absolute atomic E-state index is 0.205. The maximum atomic E-state index is 11.0. The molecular weight excluding hydrogens is 248 g/mol. The molecule has 0 aromatic heterocycles. The zero-order valence-electron chi connectivity index (χ0n) is 13.8. The lowest BCUT2D eigenvalue weighted by atomic mass is 9.95. The first kappa shape index (κ1) is 19.5. The first-order valence-electron chi connectivity index (χ1n) is 8.93. The Hall–Kier alpha value is -0.530. The van der Waals surface area contributed by atoms with Gasteiger partial charge in [-0.3, -0.25) is 0 Å². The van der Waals surface area contributed by atoms with Crippen LogP contribution in [-0.4, -0.2) is 5.97 Å². The van der Waals surface area contributed by atoms with E-state index in [2.05, 4.69) is 13.8 Å². The molecule has 2 heteroatoms.